The molecule has 2 aromatic carbocycles. The Bertz CT molecular complexity index is 644. The monoisotopic (exact) mass is 360 g/mol. The predicted octanol–water partition coefficient (Wildman–Crippen LogP) is 4.72. The molecular weight excluding hydrogens is 343 g/mol. The molecule has 0 bridgehead atoms. The molecule has 2 rings (SSSR count). The summed E-state index contributed by atoms with van der Waals surface area (Å²) in [7, 11) is -5.99. The fourth-order valence-electron chi connectivity index (χ4n) is 1.88. The van der Waals surface area contributed by atoms with Crippen LogP contribution < -0.4 is 4.74 Å². The van der Waals surface area contributed by atoms with Crippen molar-refractivity contribution in [2.75, 3.05) is 6.26 Å². The highest BCUT2D eigenvalue weighted by Crippen LogP contribution is 2.27. The van der Waals surface area contributed by atoms with Gasteiger partial charge < -0.3 is 22.0 Å². The number of carbonyl (C=O) groups is 1. The van der Waals surface area contributed by atoms with E-state index in [0.717, 1.165) is 10.6 Å². The van der Waals surface area contributed by atoms with Gasteiger partial charge in [-0.2, -0.15) is 0 Å². The standard InChI is InChI=1S/C16H17O2S.BF4/c1-13(17)18-15-10-6-7-11-16(15)19(2)12-14-8-4-3-5-9-14;2-1(3,4)5/h3-11H,12H2,1-2H3;/q+1;-1. The van der Waals surface area contributed by atoms with Gasteiger partial charge in [-0.15, -0.1) is 0 Å². The van der Waals surface area contributed by atoms with E-state index in [9.17, 15) is 22.1 Å². The van der Waals surface area contributed by atoms with Gasteiger partial charge >= 0.3 is 13.2 Å². The smallest absolute Gasteiger partial charge is 0.421 e. The molecule has 1 atom stereocenters. The fourth-order valence-corrected chi connectivity index (χ4v) is 3.49. The van der Waals surface area contributed by atoms with Crippen molar-refractivity contribution in [1.82, 2.24) is 0 Å². The molecule has 0 spiro atoms. The number of benzene rings is 2. The van der Waals surface area contributed by atoms with Crippen molar-refractivity contribution in [2.24, 2.45) is 0 Å². The maximum absolute atomic E-state index is 11.1. The minimum atomic E-state index is -6.00. The molecule has 8 heteroatoms. The number of para-hydroxylation sites is 1. The minimum Gasteiger partial charge on any atom is -0.421 e. The third-order valence-electron chi connectivity index (χ3n) is 2.70. The summed E-state index contributed by atoms with van der Waals surface area (Å²) in [4.78, 5) is 12.2. The lowest BCUT2D eigenvalue weighted by Crippen LogP contribution is -2.09. The molecule has 0 amide bonds. The van der Waals surface area contributed by atoms with Crippen LogP contribution >= 0.6 is 0 Å². The van der Waals surface area contributed by atoms with Crippen LogP contribution in [0.5, 0.6) is 5.75 Å². The van der Waals surface area contributed by atoms with E-state index < -0.39 is 7.25 Å². The van der Waals surface area contributed by atoms with Crippen molar-refractivity contribution >= 4 is 24.1 Å². The van der Waals surface area contributed by atoms with E-state index in [0.29, 0.717) is 5.75 Å². The molecule has 0 fully saturated rings. The van der Waals surface area contributed by atoms with Gasteiger partial charge in [0.25, 0.3) is 0 Å². The number of hydrogen-bond donors (Lipinski definition) is 0. The van der Waals surface area contributed by atoms with Gasteiger partial charge in [0.05, 0.1) is 0 Å². The van der Waals surface area contributed by atoms with Gasteiger partial charge in [0, 0.05) is 23.4 Å². The first-order valence-corrected chi connectivity index (χ1v) is 8.78. The highest BCUT2D eigenvalue weighted by atomic mass is 32.2. The van der Waals surface area contributed by atoms with Gasteiger partial charge in [-0.25, -0.2) is 0 Å². The van der Waals surface area contributed by atoms with Crippen LogP contribution in [0.3, 0.4) is 0 Å². The topological polar surface area (TPSA) is 26.3 Å². The van der Waals surface area contributed by atoms with E-state index in [4.69, 9.17) is 4.74 Å². The van der Waals surface area contributed by atoms with E-state index >= 15 is 0 Å². The van der Waals surface area contributed by atoms with Gasteiger partial charge in [0.2, 0.25) is 0 Å². The van der Waals surface area contributed by atoms with E-state index in [1.807, 2.05) is 42.5 Å². The number of rotatable bonds is 4. The Hall–Kier alpha value is -1.96. The normalized spacial score (nSPS) is 11.9. The Morgan fingerprint density at radius 3 is 2.04 bits per heavy atom. The van der Waals surface area contributed by atoms with Crippen LogP contribution in [0.4, 0.5) is 17.3 Å². The van der Waals surface area contributed by atoms with E-state index in [1.54, 1.807) is 0 Å². The molecule has 0 saturated heterocycles. The lowest BCUT2D eigenvalue weighted by Gasteiger charge is -2.08. The quantitative estimate of drug-likeness (QED) is 0.259. The van der Waals surface area contributed by atoms with Crippen molar-refractivity contribution in [3.8, 4) is 5.75 Å². The van der Waals surface area contributed by atoms with E-state index in [-0.39, 0.29) is 16.9 Å². The predicted molar refractivity (Wildman–Crippen MR) is 89.6 cm³/mol. The molecule has 24 heavy (non-hydrogen) atoms. The highest BCUT2D eigenvalue weighted by Gasteiger charge is 2.22. The summed E-state index contributed by atoms with van der Waals surface area (Å²) < 4.78 is 44.3. The zero-order valence-electron chi connectivity index (χ0n) is 13.2. The van der Waals surface area contributed by atoms with Crippen LogP contribution in [0.15, 0.2) is 59.5 Å². The third-order valence-corrected chi connectivity index (χ3v) is 4.56. The molecule has 0 aliphatic rings. The van der Waals surface area contributed by atoms with Gasteiger partial charge in [-0.05, 0) is 12.1 Å². The van der Waals surface area contributed by atoms with Crippen molar-refractivity contribution in [1.29, 1.82) is 0 Å². The maximum Gasteiger partial charge on any atom is 0.673 e. The molecule has 130 valence electrons. The van der Waals surface area contributed by atoms with Crippen LogP contribution in [0.25, 0.3) is 0 Å². The second-order valence-corrected chi connectivity index (χ2v) is 6.81. The van der Waals surface area contributed by atoms with Crippen molar-refractivity contribution in [2.45, 2.75) is 17.6 Å². The lowest BCUT2D eigenvalue weighted by molar-refractivity contribution is -0.132. The van der Waals surface area contributed by atoms with E-state index in [1.165, 1.54) is 12.5 Å². The van der Waals surface area contributed by atoms with Crippen LogP contribution in [0.2, 0.25) is 0 Å². The number of esters is 1. The molecule has 0 radical (unpaired) electrons. The number of hydrogen-bond acceptors (Lipinski definition) is 2. The second-order valence-electron chi connectivity index (χ2n) is 4.80. The van der Waals surface area contributed by atoms with Crippen LogP contribution in [-0.2, 0) is 21.4 Å². The number of halogens is 4. The Kier molecular flexibility index (Phi) is 7.84. The summed E-state index contributed by atoms with van der Waals surface area (Å²) in [6.07, 6.45) is 2.18. The largest absolute Gasteiger partial charge is 0.673 e. The molecule has 2 aromatic rings. The zero-order valence-corrected chi connectivity index (χ0v) is 14.0. The van der Waals surface area contributed by atoms with Gasteiger partial charge in [-0.3, -0.25) is 4.79 Å². The second kappa shape index (κ2) is 9.37. The molecule has 0 saturated carbocycles. The van der Waals surface area contributed by atoms with Crippen molar-refractivity contribution in [3.05, 3.63) is 60.2 Å². The van der Waals surface area contributed by atoms with Crippen molar-refractivity contribution in [3.63, 3.8) is 0 Å². The first kappa shape index (κ1) is 20.1. The fraction of sp³-hybridized carbons (Fsp3) is 0.188. The maximum atomic E-state index is 11.1. The SMILES string of the molecule is CC(=O)Oc1ccccc1[S+](C)Cc1ccccc1.F[B-](F)(F)F. The molecule has 0 aliphatic carbocycles. The Morgan fingerprint density at radius 1 is 1.00 bits per heavy atom. The molecule has 2 nitrogen and oxygen atoms in total. The average molecular weight is 360 g/mol. The summed E-state index contributed by atoms with van der Waals surface area (Å²) in [5, 5.41) is 0. The third kappa shape index (κ3) is 8.62. The number of ether oxygens (including phenoxy) is 1. The summed E-state index contributed by atoms with van der Waals surface area (Å²) >= 11 is 0. The van der Waals surface area contributed by atoms with Gasteiger partial charge in [0.15, 0.2) is 10.6 Å². The molecule has 0 aromatic heterocycles. The van der Waals surface area contributed by atoms with Crippen LogP contribution in [0, 0.1) is 0 Å². The zero-order chi connectivity index (χ0) is 18.2. The molecular formula is C16H17BF4O2S. The summed E-state index contributed by atoms with van der Waals surface area (Å²) in [6, 6.07) is 18.1. The Balaban J connectivity index is 0.000000505. The van der Waals surface area contributed by atoms with Gasteiger partial charge in [0.1, 0.15) is 12.0 Å². The summed E-state index contributed by atoms with van der Waals surface area (Å²) in [6.45, 7) is 1.43. The first-order chi connectivity index (χ1) is 11.2. The van der Waals surface area contributed by atoms with Gasteiger partial charge in [-0.1, -0.05) is 42.5 Å². The molecule has 1 unspecified atom stereocenters. The lowest BCUT2D eigenvalue weighted by atomic mass is 10.2. The molecule has 0 heterocycles. The molecule has 0 aliphatic heterocycles. The summed E-state index contributed by atoms with van der Waals surface area (Å²) in [5.41, 5.74) is 1.30. The Labute approximate surface area is 141 Å². The average Bonchev–Trinajstić information content (AvgIpc) is 2.46. The first-order valence-electron chi connectivity index (χ1n) is 6.98. The minimum absolute atomic E-state index is 0.0104. The molecule has 0 N–H and O–H groups in total. The van der Waals surface area contributed by atoms with Crippen molar-refractivity contribution < 1.29 is 26.8 Å². The summed E-state index contributed by atoms with van der Waals surface area (Å²) in [5.74, 6) is 1.36. The van der Waals surface area contributed by atoms with Crippen LogP contribution in [0.1, 0.15) is 12.5 Å². The van der Waals surface area contributed by atoms with Crippen LogP contribution in [-0.4, -0.2) is 19.5 Å². The number of carbonyl (C=O) groups excluding carboxylic acids is 1. The highest BCUT2D eigenvalue weighted by molar-refractivity contribution is 7.95. The van der Waals surface area contributed by atoms with E-state index in [2.05, 4.69) is 18.4 Å². The Morgan fingerprint density at radius 2 is 1.50 bits per heavy atom.